The van der Waals surface area contributed by atoms with Gasteiger partial charge in [0.1, 0.15) is 5.70 Å². The maximum atomic E-state index is 13.6. The number of rotatable bonds is 6. The Bertz CT molecular complexity index is 872. The Hall–Kier alpha value is -2.62. The number of imidazole rings is 1. The number of hydrazine groups is 1. The lowest BCUT2D eigenvalue weighted by molar-refractivity contribution is -0.120. The molecule has 3 rings (SSSR count). The van der Waals surface area contributed by atoms with Gasteiger partial charge in [0.15, 0.2) is 0 Å². The van der Waals surface area contributed by atoms with E-state index in [-0.39, 0.29) is 37.3 Å². The molecule has 2 heterocycles. The SMILES string of the molecule is C=C(C(=O)NC(c1cn2nc(C)cnc2n1)C1CCC(F)(F)CC1)N(N)CC. The van der Waals surface area contributed by atoms with E-state index in [4.69, 9.17) is 5.84 Å². The maximum absolute atomic E-state index is 13.6. The predicted molar refractivity (Wildman–Crippen MR) is 99.0 cm³/mol. The molecule has 3 N–H and O–H groups in total. The Morgan fingerprint density at radius 2 is 2.18 bits per heavy atom. The van der Waals surface area contributed by atoms with Gasteiger partial charge in [-0.2, -0.15) is 5.10 Å². The minimum absolute atomic E-state index is 0.101. The molecule has 1 aliphatic carbocycles. The third kappa shape index (κ3) is 4.27. The number of nitrogens with zero attached hydrogens (tertiary/aromatic N) is 5. The zero-order valence-corrected chi connectivity index (χ0v) is 16.0. The van der Waals surface area contributed by atoms with E-state index < -0.39 is 17.9 Å². The molecule has 0 aliphatic heterocycles. The van der Waals surface area contributed by atoms with Gasteiger partial charge in [0.25, 0.3) is 11.7 Å². The summed E-state index contributed by atoms with van der Waals surface area (Å²) < 4.78 is 28.8. The summed E-state index contributed by atoms with van der Waals surface area (Å²) in [4.78, 5) is 21.3. The summed E-state index contributed by atoms with van der Waals surface area (Å²) in [7, 11) is 0. The molecule has 152 valence electrons. The summed E-state index contributed by atoms with van der Waals surface area (Å²) in [6.45, 7) is 7.72. The molecule has 2 aromatic heterocycles. The minimum Gasteiger partial charge on any atom is -0.342 e. The Morgan fingerprint density at radius 3 is 2.82 bits per heavy atom. The van der Waals surface area contributed by atoms with Gasteiger partial charge in [-0.1, -0.05) is 6.58 Å². The molecule has 1 amide bonds. The Kier molecular flexibility index (Phi) is 5.59. The quantitative estimate of drug-likeness (QED) is 0.443. The Morgan fingerprint density at radius 1 is 1.50 bits per heavy atom. The summed E-state index contributed by atoms with van der Waals surface area (Å²) in [6, 6.07) is -0.561. The summed E-state index contributed by atoms with van der Waals surface area (Å²) in [5.41, 5.74) is 1.34. The molecule has 0 radical (unpaired) electrons. The van der Waals surface area contributed by atoms with Crippen LogP contribution in [0.2, 0.25) is 0 Å². The van der Waals surface area contributed by atoms with Crippen LogP contribution in [-0.4, -0.2) is 43.0 Å². The van der Waals surface area contributed by atoms with E-state index in [1.165, 1.54) is 9.52 Å². The van der Waals surface area contributed by atoms with Gasteiger partial charge >= 0.3 is 0 Å². The number of aromatic nitrogens is 4. The number of halogens is 2. The van der Waals surface area contributed by atoms with Gasteiger partial charge < -0.3 is 10.3 Å². The van der Waals surface area contributed by atoms with E-state index in [0.717, 1.165) is 0 Å². The average molecular weight is 393 g/mol. The van der Waals surface area contributed by atoms with Gasteiger partial charge in [0, 0.05) is 19.4 Å². The zero-order chi connectivity index (χ0) is 20.5. The first kappa shape index (κ1) is 20.1. The van der Waals surface area contributed by atoms with Crippen LogP contribution in [0.5, 0.6) is 0 Å². The molecule has 1 fully saturated rings. The number of hydrogen-bond donors (Lipinski definition) is 2. The number of aryl methyl sites for hydroxylation is 1. The van der Waals surface area contributed by atoms with Gasteiger partial charge in [-0.25, -0.2) is 29.1 Å². The lowest BCUT2D eigenvalue weighted by atomic mass is 9.81. The number of alkyl halides is 2. The van der Waals surface area contributed by atoms with Crippen LogP contribution in [0.4, 0.5) is 8.78 Å². The van der Waals surface area contributed by atoms with Crippen LogP contribution in [-0.2, 0) is 4.79 Å². The number of hydrogen-bond acceptors (Lipinski definition) is 6. The van der Waals surface area contributed by atoms with Crippen molar-refractivity contribution in [2.24, 2.45) is 11.8 Å². The fourth-order valence-corrected chi connectivity index (χ4v) is 3.41. The van der Waals surface area contributed by atoms with Crippen molar-refractivity contribution in [3.8, 4) is 0 Å². The second kappa shape index (κ2) is 7.78. The number of amides is 1. The van der Waals surface area contributed by atoms with Crippen molar-refractivity contribution in [1.29, 1.82) is 0 Å². The fraction of sp³-hybridized carbons (Fsp3) is 0.556. The van der Waals surface area contributed by atoms with E-state index in [1.54, 1.807) is 26.2 Å². The molecule has 0 bridgehead atoms. The largest absolute Gasteiger partial charge is 0.342 e. The molecule has 10 heteroatoms. The third-order valence-electron chi connectivity index (χ3n) is 5.11. The zero-order valence-electron chi connectivity index (χ0n) is 16.0. The first-order valence-corrected chi connectivity index (χ1v) is 9.29. The lowest BCUT2D eigenvalue weighted by Gasteiger charge is -2.33. The highest BCUT2D eigenvalue weighted by Crippen LogP contribution is 2.41. The van der Waals surface area contributed by atoms with Crippen molar-refractivity contribution in [3.63, 3.8) is 0 Å². The molecule has 0 saturated heterocycles. The summed E-state index contributed by atoms with van der Waals surface area (Å²) in [5.74, 6) is 2.84. The highest BCUT2D eigenvalue weighted by atomic mass is 19.3. The molecule has 0 spiro atoms. The molecule has 28 heavy (non-hydrogen) atoms. The molecule has 0 aromatic carbocycles. The third-order valence-corrected chi connectivity index (χ3v) is 5.11. The van der Waals surface area contributed by atoms with Crippen LogP contribution in [0, 0.1) is 12.8 Å². The topological polar surface area (TPSA) is 101 Å². The molecule has 8 nitrogen and oxygen atoms in total. The van der Waals surface area contributed by atoms with Crippen molar-refractivity contribution in [2.75, 3.05) is 6.54 Å². The monoisotopic (exact) mass is 393 g/mol. The fourth-order valence-electron chi connectivity index (χ4n) is 3.41. The minimum atomic E-state index is -2.66. The molecular formula is C18H25F2N7O. The van der Waals surface area contributed by atoms with Crippen molar-refractivity contribution in [1.82, 2.24) is 29.9 Å². The average Bonchev–Trinajstić information content (AvgIpc) is 3.07. The van der Waals surface area contributed by atoms with E-state index in [9.17, 15) is 13.6 Å². The number of carbonyl (C=O) groups excluding carboxylic acids is 1. The van der Waals surface area contributed by atoms with Gasteiger partial charge in [-0.05, 0) is 32.6 Å². The number of likely N-dealkylation sites (N-methyl/N-ethyl adjacent to an activating group) is 1. The first-order valence-electron chi connectivity index (χ1n) is 9.29. The number of fused-ring (bicyclic) bond motifs is 1. The number of carbonyl (C=O) groups is 1. The van der Waals surface area contributed by atoms with Crippen molar-refractivity contribution in [2.45, 2.75) is 51.5 Å². The highest BCUT2D eigenvalue weighted by molar-refractivity contribution is 5.92. The van der Waals surface area contributed by atoms with Gasteiger partial charge in [0.05, 0.1) is 29.8 Å². The van der Waals surface area contributed by atoms with Gasteiger partial charge in [-0.3, -0.25) is 4.79 Å². The normalized spacial score (nSPS) is 18.0. The standard InChI is InChI=1S/C18H25F2N7O/c1-4-26(21)12(3)16(28)24-15(13-5-7-18(19,20)8-6-13)14-10-27-17(23-14)22-9-11(2)25-27/h9-10,13,15H,3-8,21H2,1-2H3,(H,24,28). The van der Waals surface area contributed by atoms with Crippen molar-refractivity contribution in [3.05, 3.63) is 36.1 Å². The number of nitrogens with one attached hydrogen (secondary N) is 1. The summed E-state index contributed by atoms with van der Waals surface area (Å²) in [6.07, 6.45) is 3.39. The molecule has 1 unspecified atom stereocenters. The maximum Gasteiger partial charge on any atom is 0.268 e. The second-order valence-electron chi connectivity index (χ2n) is 7.19. The van der Waals surface area contributed by atoms with Crippen LogP contribution >= 0.6 is 0 Å². The molecule has 1 saturated carbocycles. The summed E-state index contributed by atoms with van der Waals surface area (Å²) in [5, 5.41) is 8.43. The summed E-state index contributed by atoms with van der Waals surface area (Å²) >= 11 is 0. The van der Waals surface area contributed by atoms with Crippen LogP contribution in [0.3, 0.4) is 0 Å². The molecule has 2 aromatic rings. The van der Waals surface area contributed by atoms with E-state index in [2.05, 4.69) is 27.0 Å². The van der Waals surface area contributed by atoms with E-state index >= 15 is 0 Å². The van der Waals surface area contributed by atoms with Crippen molar-refractivity contribution < 1.29 is 13.6 Å². The molecular weight excluding hydrogens is 368 g/mol. The van der Waals surface area contributed by atoms with Crippen LogP contribution in [0.15, 0.2) is 24.7 Å². The molecule has 1 aliphatic rings. The molecule has 1 atom stereocenters. The van der Waals surface area contributed by atoms with Crippen LogP contribution in [0.25, 0.3) is 5.78 Å². The first-order chi connectivity index (χ1) is 13.2. The smallest absolute Gasteiger partial charge is 0.268 e. The predicted octanol–water partition coefficient (Wildman–Crippen LogP) is 2.12. The Balaban J connectivity index is 1.89. The van der Waals surface area contributed by atoms with Crippen LogP contribution in [0.1, 0.15) is 50.0 Å². The van der Waals surface area contributed by atoms with Crippen molar-refractivity contribution >= 4 is 11.7 Å². The van der Waals surface area contributed by atoms with Gasteiger partial charge in [-0.15, -0.1) is 0 Å². The lowest BCUT2D eigenvalue weighted by Crippen LogP contribution is -2.42. The second-order valence-corrected chi connectivity index (χ2v) is 7.19. The number of nitrogens with two attached hydrogens (primary N) is 1. The van der Waals surface area contributed by atoms with E-state index in [0.29, 0.717) is 23.7 Å². The highest BCUT2D eigenvalue weighted by Gasteiger charge is 2.39. The Labute approximate surface area is 161 Å². The van der Waals surface area contributed by atoms with E-state index in [1.807, 2.05) is 0 Å². The van der Waals surface area contributed by atoms with Crippen LogP contribution < -0.4 is 11.2 Å². The van der Waals surface area contributed by atoms with Gasteiger partial charge in [0.2, 0.25) is 5.92 Å².